The van der Waals surface area contributed by atoms with Crippen molar-refractivity contribution in [1.29, 1.82) is 0 Å². The highest BCUT2D eigenvalue weighted by molar-refractivity contribution is 14.0. The Kier molecular flexibility index (Phi) is 11.7. The summed E-state index contributed by atoms with van der Waals surface area (Å²) in [6.45, 7) is 3.68. The Balaban J connectivity index is 0.00000420. The van der Waals surface area contributed by atoms with Crippen LogP contribution < -0.4 is 15.4 Å². The van der Waals surface area contributed by atoms with Gasteiger partial charge in [0.05, 0.1) is 18.1 Å². The summed E-state index contributed by atoms with van der Waals surface area (Å²) in [5.41, 5.74) is 2.02. The lowest BCUT2D eigenvalue weighted by molar-refractivity contribution is 0.322. The van der Waals surface area contributed by atoms with Crippen molar-refractivity contribution in [2.75, 3.05) is 32.5 Å². The van der Waals surface area contributed by atoms with Crippen LogP contribution in [-0.2, 0) is 15.6 Å². The Morgan fingerprint density at radius 2 is 1.66 bits per heavy atom. The zero-order valence-electron chi connectivity index (χ0n) is 16.9. The Morgan fingerprint density at radius 3 is 2.31 bits per heavy atom. The lowest BCUT2D eigenvalue weighted by Crippen LogP contribution is -2.40. The number of rotatable bonds is 10. The van der Waals surface area contributed by atoms with Gasteiger partial charge in [0.1, 0.15) is 12.4 Å². The van der Waals surface area contributed by atoms with Crippen LogP contribution in [0, 0.1) is 6.92 Å². The van der Waals surface area contributed by atoms with Gasteiger partial charge in [-0.3, -0.25) is 4.99 Å². The summed E-state index contributed by atoms with van der Waals surface area (Å²) in [6, 6.07) is 17.2. The van der Waals surface area contributed by atoms with Crippen LogP contribution in [0.25, 0.3) is 0 Å². The number of halogens is 1. The molecular formula is C21H30IN3O3S. The van der Waals surface area contributed by atoms with E-state index in [1.54, 1.807) is 7.05 Å². The van der Waals surface area contributed by atoms with Crippen molar-refractivity contribution in [3.63, 3.8) is 0 Å². The largest absolute Gasteiger partial charge is 0.492 e. The van der Waals surface area contributed by atoms with Gasteiger partial charge in [0, 0.05) is 13.6 Å². The van der Waals surface area contributed by atoms with Crippen LogP contribution in [-0.4, -0.2) is 46.9 Å². The third-order valence-corrected chi connectivity index (χ3v) is 5.75. The molecule has 0 spiro atoms. The maximum absolute atomic E-state index is 12.2. The van der Waals surface area contributed by atoms with Gasteiger partial charge in [-0.25, -0.2) is 8.42 Å². The molecule has 2 N–H and O–H groups in total. The maximum Gasteiger partial charge on any atom is 0.191 e. The van der Waals surface area contributed by atoms with Crippen LogP contribution in [0.4, 0.5) is 0 Å². The second kappa shape index (κ2) is 13.4. The van der Waals surface area contributed by atoms with E-state index in [-0.39, 0.29) is 35.5 Å². The van der Waals surface area contributed by atoms with E-state index in [1.165, 1.54) is 5.56 Å². The summed E-state index contributed by atoms with van der Waals surface area (Å²) in [4.78, 5) is 4.14. The summed E-state index contributed by atoms with van der Waals surface area (Å²) < 4.78 is 30.0. The first-order valence-electron chi connectivity index (χ1n) is 9.37. The number of hydrogen-bond acceptors (Lipinski definition) is 4. The molecule has 0 unspecified atom stereocenters. The fourth-order valence-electron chi connectivity index (χ4n) is 2.59. The quantitative estimate of drug-likeness (QED) is 0.213. The standard InChI is InChI=1S/C21H29N3O3S.HI/c1-18-9-11-20(12-10-18)27-15-14-24-21(22-2)23-13-6-16-28(25,26)17-19-7-4-3-5-8-19;/h3-5,7-12H,6,13-17H2,1-2H3,(H2,22,23,24);1H. The number of nitrogens with one attached hydrogen (secondary N) is 2. The average molecular weight is 531 g/mol. The number of aryl methyl sites for hydroxylation is 1. The Labute approximate surface area is 191 Å². The van der Waals surface area contributed by atoms with Crippen LogP contribution in [0.1, 0.15) is 17.5 Å². The predicted octanol–water partition coefficient (Wildman–Crippen LogP) is 3.16. The molecule has 0 atom stereocenters. The number of nitrogens with zero attached hydrogens (tertiary/aromatic N) is 1. The van der Waals surface area contributed by atoms with E-state index in [0.29, 0.717) is 32.1 Å². The highest BCUT2D eigenvalue weighted by Gasteiger charge is 2.11. The van der Waals surface area contributed by atoms with E-state index in [2.05, 4.69) is 15.6 Å². The maximum atomic E-state index is 12.2. The monoisotopic (exact) mass is 531 g/mol. The fourth-order valence-corrected chi connectivity index (χ4v) is 4.02. The molecular weight excluding hydrogens is 501 g/mol. The van der Waals surface area contributed by atoms with Crippen molar-refractivity contribution in [1.82, 2.24) is 10.6 Å². The van der Waals surface area contributed by atoms with Gasteiger partial charge in [-0.15, -0.1) is 24.0 Å². The summed E-state index contributed by atoms with van der Waals surface area (Å²) in [6.07, 6.45) is 0.524. The highest BCUT2D eigenvalue weighted by Crippen LogP contribution is 2.10. The minimum atomic E-state index is -3.11. The van der Waals surface area contributed by atoms with E-state index < -0.39 is 9.84 Å². The van der Waals surface area contributed by atoms with Gasteiger partial charge in [0.2, 0.25) is 0 Å². The van der Waals surface area contributed by atoms with Gasteiger partial charge < -0.3 is 15.4 Å². The molecule has 0 heterocycles. The minimum absolute atomic E-state index is 0. The Bertz CT molecular complexity index is 841. The molecule has 0 aromatic heterocycles. The molecule has 0 aliphatic rings. The lowest BCUT2D eigenvalue weighted by atomic mass is 10.2. The van der Waals surface area contributed by atoms with E-state index in [9.17, 15) is 8.42 Å². The first kappa shape index (κ1) is 25.2. The van der Waals surface area contributed by atoms with Gasteiger partial charge in [-0.2, -0.15) is 0 Å². The average Bonchev–Trinajstić information content (AvgIpc) is 2.68. The molecule has 0 aliphatic carbocycles. The van der Waals surface area contributed by atoms with Crippen molar-refractivity contribution < 1.29 is 13.2 Å². The van der Waals surface area contributed by atoms with E-state index in [4.69, 9.17) is 4.74 Å². The minimum Gasteiger partial charge on any atom is -0.492 e. The summed E-state index contributed by atoms with van der Waals surface area (Å²) in [7, 11) is -1.43. The first-order valence-corrected chi connectivity index (χ1v) is 11.2. The van der Waals surface area contributed by atoms with E-state index >= 15 is 0 Å². The Hall–Kier alpha value is -1.81. The molecule has 2 rings (SSSR count). The second-order valence-electron chi connectivity index (χ2n) is 6.52. The van der Waals surface area contributed by atoms with E-state index in [0.717, 1.165) is 11.3 Å². The summed E-state index contributed by atoms with van der Waals surface area (Å²) in [5, 5.41) is 6.28. The summed E-state index contributed by atoms with van der Waals surface area (Å²) in [5.74, 6) is 1.69. The number of aliphatic imine (C=N–C) groups is 1. The van der Waals surface area contributed by atoms with Gasteiger partial charge in [-0.05, 0) is 31.0 Å². The zero-order chi connectivity index (χ0) is 20.2. The fraction of sp³-hybridized carbons (Fsp3) is 0.381. The number of benzene rings is 2. The first-order chi connectivity index (χ1) is 13.5. The number of ether oxygens (including phenoxy) is 1. The molecule has 160 valence electrons. The van der Waals surface area contributed by atoms with Gasteiger partial charge in [0.15, 0.2) is 15.8 Å². The van der Waals surface area contributed by atoms with Gasteiger partial charge >= 0.3 is 0 Å². The van der Waals surface area contributed by atoms with Crippen LogP contribution in [0.2, 0.25) is 0 Å². The predicted molar refractivity (Wildman–Crippen MR) is 130 cm³/mol. The molecule has 6 nitrogen and oxygen atoms in total. The highest BCUT2D eigenvalue weighted by atomic mass is 127. The molecule has 0 bridgehead atoms. The van der Waals surface area contributed by atoms with Gasteiger partial charge in [0.25, 0.3) is 0 Å². The molecule has 0 radical (unpaired) electrons. The lowest BCUT2D eigenvalue weighted by Gasteiger charge is -2.12. The molecule has 0 aliphatic heterocycles. The van der Waals surface area contributed by atoms with Gasteiger partial charge in [-0.1, -0.05) is 48.0 Å². The van der Waals surface area contributed by atoms with Crippen molar-refractivity contribution in [3.8, 4) is 5.75 Å². The van der Waals surface area contributed by atoms with Crippen LogP contribution >= 0.6 is 24.0 Å². The van der Waals surface area contributed by atoms with Crippen LogP contribution in [0.5, 0.6) is 5.75 Å². The SMILES string of the molecule is CN=C(NCCCS(=O)(=O)Cc1ccccc1)NCCOc1ccc(C)cc1.I. The second-order valence-corrected chi connectivity index (χ2v) is 8.70. The topological polar surface area (TPSA) is 79.8 Å². The molecule has 0 saturated carbocycles. The number of guanidine groups is 1. The number of sulfone groups is 1. The van der Waals surface area contributed by atoms with Crippen molar-refractivity contribution in [2.24, 2.45) is 4.99 Å². The van der Waals surface area contributed by atoms with Crippen LogP contribution in [0.15, 0.2) is 59.6 Å². The van der Waals surface area contributed by atoms with Crippen molar-refractivity contribution in [2.45, 2.75) is 19.1 Å². The molecule has 29 heavy (non-hydrogen) atoms. The molecule has 8 heteroatoms. The molecule has 2 aromatic carbocycles. The Morgan fingerprint density at radius 1 is 1.00 bits per heavy atom. The smallest absolute Gasteiger partial charge is 0.191 e. The molecule has 0 fully saturated rings. The summed E-state index contributed by atoms with van der Waals surface area (Å²) >= 11 is 0. The third-order valence-electron chi connectivity index (χ3n) is 4.06. The molecule has 0 amide bonds. The molecule has 0 saturated heterocycles. The van der Waals surface area contributed by atoms with Crippen molar-refractivity contribution in [3.05, 3.63) is 65.7 Å². The van der Waals surface area contributed by atoms with Crippen LogP contribution in [0.3, 0.4) is 0 Å². The van der Waals surface area contributed by atoms with Crippen molar-refractivity contribution >= 4 is 39.8 Å². The van der Waals surface area contributed by atoms with E-state index in [1.807, 2.05) is 61.5 Å². The normalized spacial score (nSPS) is 11.4. The zero-order valence-corrected chi connectivity index (χ0v) is 20.1. The number of hydrogen-bond donors (Lipinski definition) is 2. The third kappa shape index (κ3) is 10.5. The molecule has 2 aromatic rings.